The van der Waals surface area contributed by atoms with Crippen molar-refractivity contribution in [2.45, 2.75) is 24.7 Å². The van der Waals surface area contributed by atoms with Crippen molar-refractivity contribution in [3.05, 3.63) is 40.8 Å². The quantitative estimate of drug-likeness (QED) is 0.798. The van der Waals surface area contributed by atoms with E-state index >= 15 is 0 Å². The maximum Gasteiger partial charge on any atom is 0.356 e. The highest BCUT2D eigenvalue weighted by atomic mass is 32.2. The van der Waals surface area contributed by atoms with Gasteiger partial charge in [0.15, 0.2) is 4.90 Å². The zero-order valence-electron chi connectivity index (χ0n) is 11.8. The highest BCUT2D eigenvalue weighted by Crippen LogP contribution is 2.23. The van der Waals surface area contributed by atoms with Crippen molar-refractivity contribution in [3.8, 4) is 0 Å². The number of hydrogen-bond donors (Lipinski definition) is 0. The summed E-state index contributed by atoms with van der Waals surface area (Å²) in [6.07, 6.45) is 1.64. The van der Waals surface area contributed by atoms with Crippen molar-refractivity contribution in [3.63, 3.8) is 0 Å². The second-order valence-corrected chi connectivity index (χ2v) is 7.43. The van der Waals surface area contributed by atoms with E-state index in [0.717, 1.165) is 12.8 Å². The van der Waals surface area contributed by atoms with E-state index in [4.69, 9.17) is 4.42 Å². The topological polar surface area (TPSA) is 67.6 Å². The van der Waals surface area contributed by atoms with Gasteiger partial charge in [-0.3, -0.25) is 0 Å². The van der Waals surface area contributed by atoms with E-state index in [1.807, 2.05) is 0 Å². The molecule has 1 saturated heterocycles. The molecule has 0 N–H and O–H groups in total. The van der Waals surface area contributed by atoms with Gasteiger partial charge in [-0.25, -0.2) is 13.2 Å². The maximum atomic E-state index is 12.6. The molecule has 0 radical (unpaired) electrons. The van der Waals surface area contributed by atoms with Gasteiger partial charge in [0.2, 0.25) is 10.0 Å². The third-order valence-corrected chi connectivity index (χ3v) is 5.86. The fourth-order valence-corrected chi connectivity index (χ4v) is 4.09. The van der Waals surface area contributed by atoms with Crippen LogP contribution in [0.1, 0.15) is 19.8 Å². The van der Waals surface area contributed by atoms with Gasteiger partial charge in [0.1, 0.15) is 5.58 Å². The van der Waals surface area contributed by atoms with Gasteiger partial charge in [-0.1, -0.05) is 25.1 Å². The van der Waals surface area contributed by atoms with Gasteiger partial charge < -0.3 is 4.42 Å². The predicted molar refractivity (Wildman–Crippen MR) is 79.6 cm³/mol. The summed E-state index contributed by atoms with van der Waals surface area (Å²) in [6, 6.07) is 8.31. The Morgan fingerprint density at radius 3 is 2.57 bits per heavy atom. The van der Waals surface area contributed by atoms with Crippen molar-refractivity contribution < 1.29 is 12.8 Å². The van der Waals surface area contributed by atoms with Crippen molar-refractivity contribution in [2.75, 3.05) is 13.1 Å². The molecule has 5 nitrogen and oxygen atoms in total. The molecule has 0 saturated carbocycles. The molecule has 1 fully saturated rings. The molecular formula is C15H17NO4S. The standard InChI is InChI=1S/C15H17NO4S/c1-11-6-8-16(9-7-11)21(18,19)14-10-12-4-2-3-5-13(12)20-15(14)17/h2-5,10-11H,6-9H2,1H3. The van der Waals surface area contributed by atoms with Crippen molar-refractivity contribution in [1.29, 1.82) is 0 Å². The molecule has 1 aromatic heterocycles. The molecule has 1 aliphatic heterocycles. The second kappa shape index (κ2) is 5.27. The Bertz CT molecular complexity index is 817. The van der Waals surface area contributed by atoms with E-state index in [0.29, 0.717) is 30.0 Å². The number of benzene rings is 1. The van der Waals surface area contributed by atoms with Crippen LogP contribution in [-0.2, 0) is 10.0 Å². The van der Waals surface area contributed by atoms with Crippen LogP contribution in [0.25, 0.3) is 11.0 Å². The molecule has 1 aromatic carbocycles. The van der Waals surface area contributed by atoms with Crippen LogP contribution in [0.5, 0.6) is 0 Å². The Morgan fingerprint density at radius 2 is 1.86 bits per heavy atom. The number of nitrogens with zero attached hydrogens (tertiary/aromatic N) is 1. The maximum absolute atomic E-state index is 12.6. The second-order valence-electron chi connectivity index (χ2n) is 5.52. The van der Waals surface area contributed by atoms with Crippen LogP contribution in [0.4, 0.5) is 0 Å². The summed E-state index contributed by atoms with van der Waals surface area (Å²) in [4.78, 5) is 11.7. The minimum atomic E-state index is -3.78. The molecule has 0 atom stereocenters. The monoisotopic (exact) mass is 307 g/mol. The van der Waals surface area contributed by atoms with Crippen LogP contribution in [0.2, 0.25) is 0 Å². The lowest BCUT2D eigenvalue weighted by Gasteiger charge is -2.28. The first-order valence-electron chi connectivity index (χ1n) is 7.01. The zero-order valence-corrected chi connectivity index (χ0v) is 12.6. The largest absolute Gasteiger partial charge is 0.422 e. The number of hydrogen-bond acceptors (Lipinski definition) is 4. The van der Waals surface area contributed by atoms with Crippen LogP contribution < -0.4 is 5.63 Å². The van der Waals surface area contributed by atoms with E-state index in [2.05, 4.69) is 6.92 Å². The first-order chi connectivity index (χ1) is 9.98. The molecule has 112 valence electrons. The molecule has 21 heavy (non-hydrogen) atoms. The normalized spacial score (nSPS) is 18.1. The summed E-state index contributed by atoms with van der Waals surface area (Å²) in [5, 5.41) is 0.612. The zero-order chi connectivity index (χ0) is 15.0. The lowest BCUT2D eigenvalue weighted by Crippen LogP contribution is -2.39. The Morgan fingerprint density at radius 1 is 1.19 bits per heavy atom. The van der Waals surface area contributed by atoms with Gasteiger partial charge in [0.25, 0.3) is 0 Å². The molecule has 0 aliphatic carbocycles. The summed E-state index contributed by atoms with van der Waals surface area (Å²) in [5.41, 5.74) is -0.402. The van der Waals surface area contributed by atoms with E-state index in [1.165, 1.54) is 10.4 Å². The van der Waals surface area contributed by atoms with E-state index in [1.54, 1.807) is 24.3 Å². The number of rotatable bonds is 2. The molecule has 0 bridgehead atoms. The number of sulfonamides is 1. The van der Waals surface area contributed by atoms with E-state index in [-0.39, 0.29) is 4.90 Å². The summed E-state index contributed by atoms with van der Waals surface area (Å²) in [7, 11) is -3.78. The summed E-state index contributed by atoms with van der Waals surface area (Å²) < 4.78 is 31.8. The Kier molecular flexibility index (Phi) is 3.59. The molecule has 2 heterocycles. The third-order valence-electron chi connectivity index (χ3n) is 3.97. The average Bonchev–Trinajstić information content (AvgIpc) is 2.47. The Hall–Kier alpha value is -1.66. The molecule has 0 amide bonds. The van der Waals surface area contributed by atoms with Crippen LogP contribution in [0.3, 0.4) is 0 Å². The lowest BCUT2D eigenvalue weighted by atomic mass is 10.0. The van der Waals surface area contributed by atoms with Crippen molar-refractivity contribution in [2.24, 2.45) is 5.92 Å². The molecule has 0 spiro atoms. The number of fused-ring (bicyclic) bond motifs is 1. The highest BCUT2D eigenvalue weighted by molar-refractivity contribution is 7.89. The van der Waals surface area contributed by atoms with Crippen LogP contribution in [0, 0.1) is 5.92 Å². The van der Waals surface area contributed by atoms with Crippen molar-refractivity contribution >= 4 is 21.0 Å². The summed E-state index contributed by atoms with van der Waals surface area (Å²) in [6.45, 7) is 3.01. The minimum absolute atomic E-state index is 0.268. The molecule has 6 heteroatoms. The molecule has 3 rings (SSSR count). The van der Waals surface area contributed by atoms with Gasteiger partial charge in [-0.15, -0.1) is 0 Å². The smallest absolute Gasteiger partial charge is 0.356 e. The first kappa shape index (κ1) is 14.3. The van der Waals surface area contributed by atoms with Gasteiger partial charge in [0, 0.05) is 18.5 Å². The fraction of sp³-hybridized carbons (Fsp3) is 0.400. The predicted octanol–water partition coefficient (Wildman–Crippen LogP) is 2.21. The third kappa shape index (κ3) is 2.61. The van der Waals surface area contributed by atoms with Gasteiger partial charge >= 0.3 is 5.63 Å². The van der Waals surface area contributed by atoms with Crippen molar-refractivity contribution in [1.82, 2.24) is 4.31 Å². The Balaban J connectivity index is 2.06. The highest BCUT2D eigenvalue weighted by Gasteiger charge is 2.31. The molecule has 1 aliphatic rings. The molecule has 0 unspecified atom stereocenters. The summed E-state index contributed by atoms with van der Waals surface area (Å²) >= 11 is 0. The van der Waals surface area contributed by atoms with E-state index in [9.17, 15) is 13.2 Å². The molecular weight excluding hydrogens is 290 g/mol. The lowest BCUT2D eigenvalue weighted by molar-refractivity contribution is 0.287. The summed E-state index contributed by atoms with van der Waals surface area (Å²) in [5.74, 6) is 0.518. The Labute approximate surface area is 123 Å². The van der Waals surface area contributed by atoms with Crippen LogP contribution in [-0.4, -0.2) is 25.8 Å². The first-order valence-corrected chi connectivity index (χ1v) is 8.45. The van der Waals surface area contributed by atoms with Crippen LogP contribution >= 0.6 is 0 Å². The van der Waals surface area contributed by atoms with Gasteiger partial charge in [-0.05, 0) is 30.9 Å². The number of para-hydroxylation sites is 1. The van der Waals surface area contributed by atoms with Crippen LogP contribution in [0.15, 0.2) is 44.4 Å². The molecule has 2 aromatic rings. The van der Waals surface area contributed by atoms with Gasteiger partial charge in [-0.2, -0.15) is 4.31 Å². The average molecular weight is 307 g/mol. The SMILES string of the molecule is CC1CCN(S(=O)(=O)c2cc3ccccc3oc2=O)CC1. The minimum Gasteiger partial charge on any atom is -0.422 e. The van der Waals surface area contributed by atoms with Gasteiger partial charge in [0.05, 0.1) is 0 Å². The number of piperidine rings is 1. The fourth-order valence-electron chi connectivity index (χ4n) is 2.59. The van der Waals surface area contributed by atoms with E-state index < -0.39 is 15.6 Å².